The maximum atomic E-state index is 10.7. The highest BCUT2D eigenvalue weighted by Crippen LogP contribution is 2.26. The maximum absolute atomic E-state index is 10.7. The SMILES string of the molecule is O=C(O)Nc1ccc2c(OCC3CCOC3)nccc2c1. The quantitative estimate of drug-likeness (QED) is 0.904. The van der Waals surface area contributed by atoms with Gasteiger partial charge < -0.3 is 14.6 Å². The summed E-state index contributed by atoms with van der Waals surface area (Å²) in [5.74, 6) is 0.983. The summed E-state index contributed by atoms with van der Waals surface area (Å²) in [5, 5.41) is 12.8. The van der Waals surface area contributed by atoms with E-state index in [1.807, 2.05) is 12.1 Å². The minimum absolute atomic E-state index is 0.412. The van der Waals surface area contributed by atoms with E-state index in [0.717, 1.165) is 30.4 Å². The van der Waals surface area contributed by atoms with Gasteiger partial charge in [-0.05, 0) is 36.1 Å². The van der Waals surface area contributed by atoms with Crippen molar-refractivity contribution < 1.29 is 19.4 Å². The highest BCUT2D eigenvalue weighted by Gasteiger charge is 2.17. The van der Waals surface area contributed by atoms with E-state index in [-0.39, 0.29) is 0 Å². The van der Waals surface area contributed by atoms with Crippen LogP contribution in [0, 0.1) is 5.92 Å². The van der Waals surface area contributed by atoms with Crippen molar-refractivity contribution >= 4 is 22.6 Å². The number of carbonyl (C=O) groups is 1. The summed E-state index contributed by atoms with van der Waals surface area (Å²) in [6, 6.07) is 7.10. The third-order valence-electron chi connectivity index (χ3n) is 3.46. The van der Waals surface area contributed by atoms with E-state index in [0.29, 0.717) is 24.1 Å². The fourth-order valence-electron chi connectivity index (χ4n) is 2.38. The van der Waals surface area contributed by atoms with E-state index in [2.05, 4.69) is 10.3 Å². The molecule has 0 radical (unpaired) electrons. The molecule has 0 aliphatic carbocycles. The van der Waals surface area contributed by atoms with E-state index in [1.54, 1.807) is 18.3 Å². The lowest BCUT2D eigenvalue weighted by Gasteiger charge is -2.12. The molecule has 21 heavy (non-hydrogen) atoms. The maximum Gasteiger partial charge on any atom is 0.409 e. The summed E-state index contributed by atoms with van der Waals surface area (Å²) in [6.07, 6.45) is 1.59. The molecule has 1 fully saturated rings. The smallest absolute Gasteiger partial charge is 0.409 e. The van der Waals surface area contributed by atoms with Crippen LogP contribution in [0.2, 0.25) is 0 Å². The fourth-order valence-corrected chi connectivity index (χ4v) is 2.38. The number of benzene rings is 1. The van der Waals surface area contributed by atoms with E-state index >= 15 is 0 Å². The first-order valence-corrected chi connectivity index (χ1v) is 6.81. The Bertz CT molecular complexity index is 653. The number of rotatable bonds is 4. The molecule has 6 nitrogen and oxygen atoms in total. The standard InChI is InChI=1S/C15H16N2O4/c18-15(19)17-12-1-2-13-11(7-12)3-5-16-14(13)21-9-10-4-6-20-8-10/h1-3,5,7,10,17H,4,6,8-9H2,(H,18,19). The monoisotopic (exact) mass is 288 g/mol. The molecule has 3 rings (SSSR count). The van der Waals surface area contributed by atoms with Crippen molar-refractivity contribution in [1.82, 2.24) is 4.98 Å². The number of pyridine rings is 1. The van der Waals surface area contributed by atoms with E-state index in [4.69, 9.17) is 14.6 Å². The lowest BCUT2D eigenvalue weighted by molar-refractivity contribution is 0.166. The Morgan fingerprint density at radius 3 is 3.14 bits per heavy atom. The molecule has 1 aromatic carbocycles. The molecular weight excluding hydrogens is 272 g/mol. The van der Waals surface area contributed by atoms with Gasteiger partial charge in [0.25, 0.3) is 0 Å². The van der Waals surface area contributed by atoms with Crippen molar-refractivity contribution in [3.8, 4) is 5.88 Å². The molecule has 1 unspecified atom stereocenters. The molecule has 0 bridgehead atoms. The minimum atomic E-state index is -1.08. The molecule has 1 atom stereocenters. The van der Waals surface area contributed by atoms with Crippen LogP contribution in [0.3, 0.4) is 0 Å². The fraction of sp³-hybridized carbons (Fsp3) is 0.333. The number of amides is 1. The molecule has 1 aromatic heterocycles. The van der Waals surface area contributed by atoms with Gasteiger partial charge in [0, 0.05) is 29.8 Å². The third kappa shape index (κ3) is 3.22. The molecule has 6 heteroatoms. The molecule has 0 spiro atoms. The summed E-state index contributed by atoms with van der Waals surface area (Å²) in [6.45, 7) is 2.11. The zero-order valence-corrected chi connectivity index (χ0v) is 11.4. The van der Waals surface area contributed by atoms with Crippen LogP contribution in [-0.4, -0.2) is 36.0 Å². The van der Waals surface area contributed by atoms with Crippen molar-refractivity contribution in [2.24, 2.45) is 5.92 Å². The van der Waals surface area contributed by atoms with Gasteiger partial charge in [0.15, 0.2) is 0 Å². The molecule has 2 N–H and O–H groups in total. The number of hydrogen-bond donors (Lipinski definition) is 2. The van der Waals surface area contributed by atoms with Gasteiger partial charge in [-0.15, -0.1) is 0 Å². The molecule has 0 saturated carbocycles. The van der Waals surface area contributed by atoms with Crippen LogP contribution in [-0.2, 0) is 4.74 Å². The van der Waals surface area contributed by atoms with Crippen LogP contribution in [0.15, 0.2) is 30.5 Å². The number of aromatic nitrogens is 1. The average molecular weight is 288 g/mol. The predicted molar refractivity (Wildman–Crippen MR) is 77.8 cm³/mol. The van der Waals surface area contributed by atoms with Crippen LogP contribution >= 0.6 is 0 Å². The molecular formula is C15H16N2O4. The van der Waals surface area contributed by atoms with Crippen LogP contribution in [0.1, 0.15) is 6.42 Å². The highest BCUT2D eigenvalue weighted by molar-refractivity contribution is 5.92. The number of fused-ring (bicyclic) bond motifs is 1. The lowest BCUT2D eigenvalue weighted by atomic mass is 10.1. The summed E-state index contributed by atoms with van der Waals surface area (Å²) >= 11 is 0. The van der Waals surface area contributed by atoms with Gasteiger partial charge in [-0.1, -0.05) is 0 Å². The normalized spacial score (nSPS) is 17.8. The molecule has 1 aliphatic rings. The van der Waals surface area contributed by atoms with Gasteiger partial charge in [-0.2, -0.15) is 0 Å². The Morgan fingerprint density at radius 2 is 2.38 bits per heavy atom. The van der Waals surface area contributed by atoms with E-state index in [9.17, 15) is 4.79 Å². The Labute approximate surface area is 121 Å². The number of carboxylic acid groups (broad SMARTS) is 1. The number of anilines is 1. The zero-order valence-electron chi connectivity index (χ0n) is 11.4. The van der Waals surface area contributed by atoms with Crippen LogP contribution in [0.25, 0.3) is 10.8 Å². The second-order valence-electron chi connectivity index (χ2n) is 5.02. The molecule has 2 aromatic rings. The van der Waals surface area contributed by atoms with Crippen LogP contribution < -0.4 is 10.1 Å². The summed E-state index contributed by atoms with van der Waals surface area (Å²) in [7, 11) is 0. The number of hydrogen-bond acceptors (Lipinski definition) is 4. The molecule has 2 heterocycles. The Morgan fingerprint density at radius 1 is 1.48 bits per heavy atom. The zero-order chi connectivity index (χ0) is 14.7. The van der Waals surface area contributed by atoms with Gasteiger partial charge in [0.05, 0.1) is 13.2 Å². The van der Waals surface area contributed by atoms with Crippen molar-refractivity contribution in [2.45, 2.75) is 6.42 Å². The van der Waals surface area contributed by atoms with Gasteiger partial charge in [-0.3, -0.25) is 5.32 Å². The van der Waals surface area contributed by atoms with Crippen molar-refractivity contribution in [3.63, 3.8) is 0 Å². The molecule has 1 amide bonds. The molecule has 1 saturated heterocycles. The number of ether oxygens (including phenoxy) is 2. The van der Waals surface area contributed by atoms with Gasteiger partial charge in [0.1, 0.15) is 0 Å². The third-order valence-corrected chi connectivity index (χ3v) is 3.46. The van der Waals surface area contributed by atoms with Crippen LogP contribution in [0.4, 0.5) is 10.5 Å². The predicted octanol–water partition coefficient (Wildman–Crippen LogP) is 2.74. The first-order chi connectivity index (χ1) is 10.2. The van der Waals surface area contributed by atoms with Gasteiger partial charge >= 0.3 is 6.09 Å². The first-order valence-electron chi connectivity index (χ1n) is 6.81. The van der Waals surface area contributed by atoms with Gasteiger partial charge in [-0.25, -0.2) is 9.78 Å². The van der Waals surface area contributed by atoms with Crippen LogP contribution in [0.5, 0.6) is 5.88 Å². The largest absolute Gasteiger partial charge is 0.477 e. The van der Waals surface area contributed by atoms with E-state index < -0.39 is 6.09 Å². The number of nitrogens with zero attached hydrogens (tertiary/aromatic N) is 1. The Kier molecular flexibility index (Phi) is 3.87. The Balaban J connectivity index is 1.80. The number of nitrogens with one attached hydrogen (secondary N) is 1. The second kappa shape index (κ2) is 5.97. The topological polar surface area (TPSA) is 80.7 Å². The summed E-state index contributed by atoms with van der Waals surface area (Å²) < 4.78 is 11.1. The van der Waals surface area contributed by atoms with Crippen molar-refractivity contribution in [2.75, 3.05) is 25.1 Å². The molecule has 110 valence electrons. The van der Waals surface area contributed by atoms with Crippen molar-refractivity contribution in [3.05, 3.63) is 30.5 Å². The first kappa shape index (κ1) is 13.6. The van der Waals surface area contributed by atoms with Gasteiger partial charge in [0.2, 0.25) is 5.88 Å². The summed E-state index contributed by atoms with van der Waals surface area (Å²) in [5.41, 5.74) is 0.524. The minimum Gasteiger partial charge on any atom is -0.477 e. The molecule has 1 aliphatic heterocycles. The van der Waals surface area contributed by atoms with E-state index in [1.165, 1.54) is 0 Å². The Hall–Kier alpha value is -2.34. The highest BCUT2D eigenvalue weighted by atomic mass is 16.5. The summed E-state index contributed by atoms with van der Waals surface area (Å²) in [4.78, 5) is 14.9. The van der Waals surface area contributed by atoms with Crippen molar-refractivity contribution in [1.29, 1.82) is 0 Å². The average Bonchev–Trinajstić information content (AvgIpc) is 2.97. The second-order valence-corrected chi connectivity index (χ2v) is 5.02. The lowest BCUT2D eigenvalue weighted by Crippen LogP contribution is -2.12.